The van der Waals surface area contributed by atoms with Crippen LogP contribution in [0.2, 0.25) is 0 Å². The van der Waals surface area contributed by atoms with Crippen LogP contribution in [0.3, 0.4) is 0 Å². The fraction of sp³-hybridized carbons (Fsp3) is 0.368. The summed E-state index contributed by atoms with van der Waals surface area (Å²) in [5, 5.41) is 11.3. The average Bonchev–Trinajstić information content (AvgIpc) is 3.35. The summed E-state index contributed by atoms with van der Waals surface area (Å²) in [6.45, 7) is 3.84. The molecule has 0 fully saturated rings. The van der Waals surface area contributed by atoms with Crippen molar-refractivity contribution >= 4 is 62.2 Å². The van der Waals surface area contributed by atoms with Gasteiger partial charge in [0.2, 0.25) is 11.9 Å². The number of rotatable bonds is 9. The molecule has 0 aliphatic carbocycles. The molecule has 0 spiro atoms. The molecule has 3 aromatic rings. The molecule has 0 radical (unpaired) electrons. The van der Waals surface area contributed by atoms with Crippen molar-refractivity contribution in [2.75, 3.05) is 30.5 Å². The van der Waals surface area contributed by atoms with Gasteiger partial charge in [-0.15, -0.1) is 10.2 Å². The van der Waals surface area contributed by atoms with Crippen LogP contribution in [0.25, 0.3) is 10.2 Å². The molecule has 3 N–H and O–H groups in total. The molecule has 0 saturated heterocycles. The number of thiazole rings is 1. The summed E-state index contributed by atoms with van der Waals surface area (Å²) in [6.07, 6.45) is 0.401. The molecule has 11 nitrogen and oxygen atoms in total. The van der Waals surface area contributed by atoms with Crippen molar-refractivity contribution in [2.24, 2.45) is 0 Å². The molecule has 1 aromatic carbocycles. The summed E-state index contributed by atoms with van der Waals surface area (Å²) >= 11 is 2.31. The van der Waals surface area contributed by atoms with Crippen LogP contribution in [0, 0.1) is 0 Å². The van der Waals surface area contributed by atoms with Gasteiger partial charge in [0, 0.05) is 0 Å². The second-order valence-corrected chi connectivity index (χ2v) is 8.38. The molecule has 0 saturated carbocycles. The van der Waals surface area contributed by atoms with E-state index in [1.807, 2.05) is 6.92 Å². The van der Waals surface area contributed by atoms with Gasteiger partial charge in [0.05, 0.1) is 35.2 Å². The van der Waals surface area contributed by atoms with E-state index in [9.17, 15) is 14.4 Å². The van der Waals surface area contributed by atoms with Crippen molar-refractivity contribution in [2.45, 2.75) is 31.5 Å². The van der Waals surface area contributed by atoms with E-state index in [-0.39, 0.29) is 24.2 Å². The first kappa shape index (κ1) is 23.5. The minimum absolute atomic E-state index is 0.00730. The number of benzene rings is 1. The highest BCUT2D eigenvalue weighted by molar-refractivity contribution is 7.99. The first-order valence-corrected chi connectivity index (χ1v) is 11.5. The van der Waals surface area contributed by atoms with E-state index in [0.717, 1.165) is 16.5 Å². The second kappa shape index (κ2) is 10.4. The largest absolute Gasteiger partial charge is 0.468 e. The fourth-order valence-corrected chi connectivity index (χ4v) is 4.59. The van der Waals surface area contributed by atoms with Crippen LogP contribution in [-0.4, -0.2) is 57.1 Å². The second-order valence-electron chi connectivity index (χ2n) is 6.41. The number of nitrogen functional groups attached to an aromatic ring is 1. The molecule has 1 unspecified atom stereocenters. The Bertz CT molecular complexity index is 1140. The molecule has 3 rings (SSSR count). The Morgan fingerprint density at radius 3 is 2.75 bits per heavy atom. The molecule has 2 aromatic heterocycles. The lowest BCUT2D eigenvalue weighted by molar-refractivity contribution is -0.137. The van der Waals surface area contributed by atoms with Crippen LogP contribution in [0.15, 0.2) is 23.4 Å². The summed E-state index contributed by atoms with van der Waals surface area (Å²) in [5.41, 5.74) is 7.00. The van der Waals surface area contributed by atoms with Gasteiger partial charge in [-0.25, -0.2) is 9.78 Å². The number of hydrogen-bond donors (Lipinski definition) is 2. The van der Waals surface area contributed by atoms with Crippen LogP contribution < -0.4 is 11.1 Å². The predicted molar refractivity (Wildman–Crippen MR) is 121 cm³/mol. The zero-order chi connectivity index (χ0) is 23.3. The average molecular weight is 479 g/mol. The summed E-state index contributed by atoms with van der Waals surface area (Å²) < 4.78 is 11.9. The maximum Gasteiger partial charge on any atom is 0.338 e. The van der Waals surface area contributed by atoms with Gasteiger partial charge >= 0.3 is 11.9 Å². The zero-order valence-electron chi connectivity index (χ0n) is 17.7. The number of carbonyl (C=O) groups excluding carboxylic acids is 3. The first-order valence-electron chi connectivity index (χ1n) is 9.66. The monoisotopic (exact) mass is 478 g/mol. The van der Waals surface area contributed by atoms with E-state index in [4.69, 9.17) is 10.5 Å². The third-order valence-corrected chi connectivity index (χ3v) is 6.22. The van der Waals surface area contributed by atoms with Gasteiger partial charge in [-0.1, -0.05) is 30.0 Å². The summed E-state index contributed by atoms with van der Waals surface area (Å²) in [6, 6.07) is 4.29. The lowest BCUT2D eigenvalue weighted by Crippen LogP contribution is -2.27. The molecular weight excluding hydrogens is 456 g/mol. The smallest absolute Gasteiger partial charge is 0.338 e. The number of nitrogens with zero attached hydrogens (tertiary/aromatic N) is 4. The van der Waals surface area contributed by atoms with E-state index >= 15 is 0 Å². The normalized spacial score (nSPS) is 11.8. The van der Waals surface area contributed by atoms with Crippen LogP contribution in [0.5, 0.6) is 0 Å². The molecule has 1 amide bonds. The summed E-state index contributed by atoms with van der Waals surface area (Å²) in [4.78, 5) is 40.8. The van der Waals surface area contributed by atoms with Crippen LogP contribution in [0.4, 0.5) is 11.1 Å². The van der Waals surface area contributed by atoms with Gasteiger partial charge in [0.25, 0.3) is 0 Å². The number of thioether (sulfide) groups is 1. The summed E-state index contributed by atoms with van der Waals surface area (Å²) in [5.74, 6) is -1.14. The third-order valence-electron chi connectivity index (χ3n) is 4.37. The Balaban J connectivity index is 1.80. The Morgan fingerprint density at radius 2 is 2.06 bits per heavy atom. The van der Waals surface area contributed by atoms with Gasteiger partial charge in [0.15, 0.2) is 10.3 Å². The topological polar surface area (TPSA) is 151 Å². The van der Waals surface area contributed by atoms with Crippen molar-refractivity contribution < 1.29 is 23.9 Å². The minimum atomic E-state index is -0.716. The van der Waals surface area contributed by atoms with Crippen molar-refractivity contribution in [3.63, 3.8) is 0 Å². The van der Waals surface area contributed by atoms with E-state index in [1.54, 1.807) is 25.1 Å². The molecular formula is C19H22N6O5S2. The number of aromatic nitrogens is 4. The Morgan fingerprint density at radius 1 is 1.28 bits per heavy atom. The van der Waals surface area contributed by atoms with Gasteiger partial charge in [0.1, 0.15) is 6.04 Å². The molecule has 170 valence electrons. The van der Waals surface area contributed by atoms with Crippen molar-refractivity contribution in [1.82, 2.24) is 19.7 Å². The quantitative estimate of drug-likeness (QED) is 0.346. The maximum absolute atomic E-state index is 13.0. The SMILES string of the molecule is CCOC(=O)c1ccc2nc(NC(=O)C(CC)n3c(N)nnc3SCC(=O)OC)sc2c1. The molecule has 32 heavy (non-hydrogen) atoms. The number of carbonyl (C=O) groups is 3. The standard InChI is InChI=1S/C19H22N6O5S2/c1-4-12(25-17(20)23-24-19(25)31-9-14(26)29-3)15(27)22-18-21-11-7-6-10(8-13(11)32-18)16(28)30-5-2/h6-8,12H,4-5,9H2,1-3H3,(H2,20,23)(H,21,22,27). The Kier molecular flexibility index (Phi) is 7.64. The van der Waals surface area contributed by atoms with E-state index in [1.165, 1.54) is 23.0 Å². The van der Waals surface area contributed by atoms with Gasteiger partial charge < -0.3 is 20.5 Å². The summed E-state index contributed by atoms with van der Waals surface area (Å²) in [7, 11) is 1.29. The van der Waals surface area contributed by atoms with E-state index in [0.29, 0.717) is 27.8 Å². The number of hydrogen-bond acceptors (Lipinski definition) is 11. The molecule has 13 heteroatoms. The van der Waals surface area contributed by atoms with E-state index in [2.05, 4.69) is 25.2 Å². The molecule has 2 heterocycles. The number of amides is 1. The van der Waals surface area contributed by atoms with Crippen LogP contribution in [-0.2, 0) is 19.1 Å². The number of nitrogens with two attached hydrogens (primary N) is 1. The molecule has 1 atom stereocenters. The van der Waals surface area contributed by atoms with Crippen molar-refractivity contribution in [3.05, 3.63) is 23.8 Å². The van der Waals surface area contributed by atoms with Gasteiger partial charge in [-0.05, 0) is 31.5 Å². The highest BCUT2D eigenvalue weighted by Crippen LogP contribution is 2.30. The van der Waals surface area contributed by atoms with Crippen molar-refractivity contribution in [3.8, 4) is 0 Å². The zero-order valence-corrected chi connectivity index (χ0v) is 19.3. The van der Waals surface area contributed by atoms with Crippen LogP contribution in [0.1, 0.15) is 36.7 Å². The highest BCUT2D eigenvalue weighted by atomic mass is 32.2. The van der Waals surface area contributed by atoms with Crippen LogP contribution >= 0.6 is 23.1 Å². The van der Waals surface area contributed by atoms with Gasteiger partial charge in [-0.2, -0.15) is 0 Å². The highest BCUT2D eigenvalue weighted by Gasteiger charge is 2.26. The first-order chi connectivity index (χ1) is 15.4. The van der Waals surface area contributed by atoms with Gasteiger partial charge in [-0.3, -0.25) is 14.2 Å². The Hall–Kier alpha value is -3.19. The number of esters is 2. The van der Waals surface area contributed by atoms with E-state index < -0.39 is 18.0 Å². The fourth-order valence-electron chi connectivity index (χ4n) is 2.86. The number of methoxy groups -OCH3 is 1. The maximum atomic E-state index is 13.0. The lowest BCUT2D eigenvalue weighted by atomic mass is 10.2. The molecule has 0 aliphatic heterocycles. The number of anilines is 2. The third kappa shape index (κ3) is 5.16. The lowest BCUT2D eigenvalue weighted by Gasteiger charge is -2.18. The number of nitrogens with one attached hydrogen (secondary N) is 1. The number of ether oxygens (including phenoxy) is 2. The Labute approximate surface area is 191 Å². The van der Waals surface area contributed by atoms with Crippen molar-refractivity contribution in [1.29, 1.82) is 0 Å². The number of fused-ring (bicyclic) bond motifs is 1. The minimum Gasteiger partial charge on any atom is -0.468 e. The predicted octanol–water partition coefficient (Wildman–Crippen LogP) is 2.50. The molecule has 0 bridgehead atoms. The molecule has 0 aliphatic rings.